The van der Waals surface area contributed by atoms with E-state index >= 15 is 0 Å². The highest BCUT2D eigenvalue weighted by molar-refractivity contribution is 5.77. The number of amides is 1. The van der Waals surface area contributed by atoms with Gasteiger partial charge in [-0.3, -0.25) is 14.2 Å². The Balaban J connectivity index is 1.34. The highest BCUT2D eigenvalue weighted by Gasteiger charge is 2.26. The monoisotopic (exact) mass is 367 g/mol. The van der Waals surface area contributed by atoms with E-state index in [4.69, 9.17) is 4.52 Å². The van der Waals surface area contributed by atoms with Gasteiger partial charge in [0.15, 0.2) is 5.82 Å². The van der Waals surface area contributed by atoms with Crippen LogP contribution in [0.25, 0.3) is 10.9 Å². The second-order valence-electron chi connectivity index (χ2n) is 6.83. The summed E-state index contributed by atoms with van der Waals surface area (Å²) in [4.78, 5) is 35.3. The lowest BCUT2D eigenvalue weighted by Gasteiger charge is -2.31. The summed E-state index contributed by atoms with van der Waals surface area (Å²) >= 11 is 0. The molecule has 0 saturated carbocycles. The van der Waals surface area contributed by atoms with Gasteiger partial charge in [0.1, 0.15) is 0 Å². The Morgan fingerprint density at radius 2 is 2.15 bits per heavy atom. The summed E-state index contributed by atoms with van der Waals surface area (Å²) in [5.41, 5.74) is 0.624. The molecule has 4 rings (SSSR count). The van der Waals surface area contributed by atoms with Crippen molar-refractivity contribution in [3.05, 3.63) is 53.2 Å². The number of fused-ring (bicyclic) bond motifs is 1. The number of rotatable bonds is 5. The number of likely N-dealkylation sites (tertiary alicyclic amines) is 1. The first-order chi connectivity index (χ1) is 13.2. The Labute approximate surface area is 155 Å². The molecule has 1 fully saturated rings. The van der Waals surface area contributed by atoms with Crippen LogP contribution in [0.3, 0.4) is 0 Å². The molecule has 0 N–H and O–H groups in total. The predicted molar refractivity (Wildman–Crippen MR) is 98.1 cm³/mol. The van der Waals surface area contributed by atoms with Crippen LogP contribution in [0, 0.1) is 0 Å². The van der Waals surface area contributed by atoms with Crippen molar-refractivity contribution in [1.29, 1.82) is 0 Å². The fraction of sp³-hybridized carbons (Fsp3) is 0.421. The number of aryl methyl sites for hydroxylation is 1. The molecule has 1 aliphatic heterocycles. The van der Waals surface area contributed by atoms with Crippen LogP contribution >= 0.6 is 0 Å². The zero-order valence-electron chi connectivity index (χ0n) is 15.0. The van der Waals surface area contributed by atoms with Crippen molar-refractivity contribution in [2.75, 3.05) is 13.1 Å². The molecule has 1 atom stereocenters. The van der Waals surface area contributed by atoms with Crippen molar-refractivity contribution in [3.8, 4) is 0 Å². The molecule has 1 amide bonds. The van der Waals surface area contributed by atoms with E-state index in [1.165, 1.54) is 6.39 Å². The van der Waals surface area contributed by atoms with Crippen LogP contribution in [0.4, 0.5) is 0 Å². The van der Waals surface area contributed by atoms with E-state index in [1.807, 2.05) is 23.1 Å². The summed E-state index contributed by atoms with van der Waals surface area (Å²) in [5, 5.41) is 4.50. The zero-order chi connectivity index (χ0) is 18.6. The van der Waals surface area contributed by atoms with Gasteiger partial charge in [-0.25, -0.2) is 4.98 Å². The molecule has 0 aliphatic carbocycles. The maximum atomic E-state index is 12.6. The van der Waals surface area contributed by atoms with Crippen molar-refractivity contribution >= 4 is 16.8 Å². The van der Waals surface area contributed by atoms with Gasteiger partial charge in [0.05, 0.1) is 17.2 Å². The maximum Gasteiger partial charge on any atom is 0.261 e. The fourth-order valence-corrected chi connectivity index (χ4v) is 3.60. The third-order valence-electron chi connectivity index (χ3n) is 5.04. The Bertz CT molecular complexity index is 982. The van der Waals surface area contributed by atoms with Crippen molar-refractivity contribution in [1.82, 2.24) is 24.6 Å². The lowest BCUT2D eigenvalue weighted by atomic mass is 9.97. The standard InChI is InChI=1S/C19H21N5O3/c25-17(23-9-3-5-14(11-23)18-21-13-27-22-18)8-4-10-24-12-20-16-7-2-1-6-15(16)19(24)26/h1-2,6-7,12-14H,3-5,8-11H2. The first kappa shape index (κ1) is 17.4. The molecule has 27 heavy (non-hydrogen) atoms. The summed E-state index contributed by atoms with van der Waals surface area (Å²) in [6.45, 7) is 1.85. The van der Waals surface area contributed by atoms with Crippen molar-refractivity contribution in [2.24, 2.45) is 0 Å². The molecule has 3 aromatic rings. The van der Waals surface area contributed by atoms with Crippen LogP contribution in [0.1, 0.15) is 37.4 Å². The van der Waals surface area contributed by atoms with Gasteiger partial charge < -0.3 is 9.42 Å². The van der Waals surface area contributed by atoms with Crippen LogP contribution < -0.4 is 5.56 Å². The van der Waals surface area contributed by atoms with Gasteiger partial charge in [-0.05, 0) is 31.4 Å². The Morgan fingerprint density at radius 3 is 3.00 bits per heavy atom. The van der Waals surface area contributed by atoms with Crippen LogP contribution in [0.2, 0.25) is 0 Å². The van der Waals surface area contributed by atoms with E-state index in [9.17, 15) is 9.59 Å². The summed E-state index contributed by atoms with van der Waals surface area (Å²) < 4.78 is 6.39. The Kier molecular flexibility index (Phi) is 4.95. The number of aromatic nitrogens is 4. The predicted octanol–water partition coefficient (Wildman–Crippen LogP) is 1.97. The van der Waals surface area contributed by atoms with Gasteiger partial charge in [0.2, 0.25) is 12.3 Å². The number of nitrogens with zero attached hydrogens (tertiary/aromatic N) is 5. The third kappa shape index (κ3) is 3.74. The lowest BCUT2D eigenvalue weighted by molar-refractivity contribution is -0.132. The highest BCUT2D eigenvalue weighted by Crippen LogP contribution is 2.24. The quantitative estimate of drug-likeness (QED) is 0.684. The summed E-state index contributed by atoms with van der Waals surface area (Å²) in [7, 11) is 0. The molecule has 140 valence electrons. The Morgan fingerprint density at radius 1 is 1.26 bits per heavy atom. The minimum atomic E-state index is -0.0665. The first-order valence-electron chi connectivity index (χ1n) is 9.20. The molecule has 8 nitrogen and oxygen atoms in total. The fourth-order valence-electron chi connectivity index (χ4n) is 3.60. The van der Waals surface area contributed by atoms with Crippen LogP contribution in [0.5, 0.6) is 0 Å². The molecule has 1 aromatic carbocycles. The molecule has 1 saturated heterocycles. The van der Waals surface area contributed by atoms with Gasteiger partial charge in [-0.2, -0.15) is 4.98 Å². The van der Waals surface area contributed by atoms with Crippen LogP contribution in [-0.4, -0.2) is 43.6 Å². The van der Waals surface area contributed by atoms with Crippen LogP contribution in [-0.2, 0) is 11.3 Å². The number of para-hydroxylation sites is 1. The molecule has 2 aromatic heterocycles. The van der Waals surface area contributed by atoms with Gasteiger partial charge in [-0.15, -0.1) is 0 Å². The SMILES string of the molecule is O=C(CCCn1cnc2ccccc2c1=O)N1CCCC(c2ncon2)C1. The van der Waals surface area contributed by atoms with Gasteiger partial charge in [0.25, 0.3) is 5.56 Å². The van der Waals surface area contributed by atoms with E-state index < -0.39 is 0 Å². The highest BCUT2D eigenvalue weighted by atomic mass is 16.5. The molecule has 0 spiro atoms. The maximum absolute atomic E-state index is 12.6. The average Bonchev–Trinajstić information content (AvgIpc) is 3.25. The molecule has 0 radical (unpaired) electrons. The smallest absolute Gasteiger partial charge is 0.261 e. The topological polar surface area (TPSA) is 94.1 Å². The van der Waals surface area contributed by atoms with E-state index in [1.54, 1.807) is 17.0 Å². The second-order valence-corrected chi connectivity index (χ2v) is 6.83. The van der Waals surface area contributed by atoms with Gasteiger partial charge >= 0.3 is 0 Å². The molecule has 8 heteroatoms. The average molecular weight is 367 g/mol. The normalized spacial score (nSPS) is 17.3. The van der Waals surface area contributed by atoms with Crippen molar-refractivity contribution in [3.63, 3.8) is 0 Å². The third-order valence-corrected chi connectivity index (χ3v) is 5.04. The van der Waals surface area contributed by atoms with Crippen LogP contribution in [0.15, 0.2) is 46.3 Å². The van der Waals surface area contributed by atoms with Crippen molar-refractivity contribution < 1.29 is 9.32 Å². The van der Waals surface area contributed by atoms with Gasteiger partial charge in [-0.1, -0.05) is 17.3 Å². The Hall–Kier alpha value is -3.03. The minimum absolute atomic E-state index is 0.0665. The second kappa shape index (κ2) is 7.69. The number of piperidine rings is 1. The molecule has 1 aliphatic rings. The van der Waals surface area contributed by atoms with E-state index in [0.29, 0.717) is 42.7 Å². The van der Waals surface area contributed by atoms with Crippen molar-refractivity contribution in [2.45, 2.75) is 38.1 Å². The summed E-state index contributed by atoms with van der Waals surface area (Å²) in [6.07, 6.45) is 5.77. The minimum Gasteiger partial charge on any atom is -0.343 e. The molecular formula is C19H21N5O3. The summed E-state index contributed by atoms with van der Waals surface area (Å²) in [6, 6.07) is 7.28. The van der Waals surface area contributed by atoms with E-state index in [-0.39, 0.29) is 17.4 Å². The molecule has 1 unspecified atom stereocenters. The van der Waals surface area contributed by atoms with E-state index in [2.05, 4.69) is 15.1 Å². The largest absolute Gasteiger partial charge is 0.343 e. The van der Waals surface area contributed by atoms with Gasteiger partial charge in [0, 0.05) is 32.0 Å². The molecular weight excluding hydrogens is 346 g/mol. The lowest BCUT2D eigenvalue weighted by Crippen LogP contribution is -2.39. The molecule has 3 heterocycles. The molecule has 0 bridgehead atoms. The first-order valence-corrected chi connectivity index (χ1v) is 9.20. The number of carbonyl (C=O) groups is 1. The summed E-state index contributed by atoms with van der Waals surface area (Å²) in [5.74, 6) is 0.903. The number of benzene rings is 1. The number of carbonyl (C=O) groups excluding carboxylic acids is 1. The van der Waals surface area contributed by atoms with E-state index in [0.717, 1.165) is 19.4 Å². The number of hydrogen-bond acceptors (Lipinski definition) is 6. The zero-order valence-corrected chi connectivity index (χ0v) is 15.0. The number of hydrogen-bond donors (Lipinski definition) is 0.